The number of carboxylic acids is 1. The predicted molar refractivity (Wildman–Crippen MR) is 69.5 cm³/mol. The van der Waals surface area contributed by atoms with Gasteiger partial charge in [-0.1, -0.05) is 38.1 Å². The van der Waals surface area contributed by atoms with E-state index in [1.54, 1.807) is 0 Å². The topological polar surface area (TPSA) is 67.8 Å². The minimum Gasteiger partial charge on any atom is -0.550 e. The van der Waals surface area contributed by atoms with Gasteiger partial charge in [0, 0.05) is 18.0 Å². The summed E-state index contributed by atoms with van der Waals surface area (Å²) in [6, 6.07) is 8.67. The van der Waals surface area contributed by atoms with Crippen LogP contribution in [0.4, 0.5) is 0 Å². The Balaban J connectivity index is 2.48. The molecule has 1 aromatic rings. The van der Waals surface area contributed by atoms with Gasteiger partial charge in [0.15, 0.2) is 0 Å². The first-order valence-corrected chi connectivity index (χ1v) is 6.60. The molecular weight excluding hydrogens is 226 g/mol. The van der Waals surface area contributed by atoms with Crippen molar-refractivity contribution < 1.29 is 15.6 Å². The lowest BCUT2D eigenvalue weighted by atomic mass is 9.97. The highest BCUT2D eigenvalue weighted by atomic mass is 16.4. The monoisotopic (exact) mass is 249 g/mol. The summed E-state index contributed by atoms with van der Waals surface area (Å²) in [4.78, 5) is 10.3. The maximum atomic E-state index is 10.3. The molecular formula is C15H23NO2. The van der Waals surface area contributed by atoms with Crippen molar-refractivity contribution in [2.45, 2.75) is 45.6 Å². The Kier molecular flexibility index (Phi) is 5.86. The van der Waals surface area contributed by atoms with E-state index in [1.165, 1.54) is 11.1 Å². The van der Waals surface area contributed by atoms with Crippen LogP contribution < -0.4 is 10.8 Å². The van der Waals surface area contributed by atoms with Crippen LogP contribution in [0.2, 0.25) is 0 Å². The highest BCUT2D eigenvalue weighted by Gasteiger charge is 2.09. The van der Waals surface area contributed by atoms with E-state index in [1.807, 2.05) is 0 Å². The van der Waals surface area contributed by atoms with E-state index >= 15 is 0 Å². The van der Waals surface area contributed by atoms with Crippen molar-refractivity contribution in [1.29, 1.82) is 0 Å². The maximum Gasteiger partial charge on any atom is 0.110 e. The molecule has 0 radical (unpaired) electrons. The van der Waals surface area contributed by atoms with Gasteiger partial charge in [0.2, 0.25) is 0 Å². The second-order valence-corrected chi connectivity index (χ2v) is 5.30. The Hall–Kier alpha value is -1.35. The standard InChI is InChI=1S/C15H23NO2/c1-11(2)10-12-6-8-13(9-7-12)14(16)4-3-5-15(17)18/h6-9,11,14H,3-5,10,16H2,1-2H3,(H,17,18)/t14-/m1/s1. The minimum atomic E-state index is -0.977. The van der Waals surface area contributed by atoms with E-state index in [0.29, 0.717) is 12.3 Å². The third kappa shape index (κ3) is 5.32. The lowest BCUT2D eigenvalue weighted by Crippen LogP contribution is -2.53. The summed E-state index contributed by atoms with van der Waals surface area (Å²) >= 11 is 0. The van der Waals surface area contributed by atoms with E-state index < -0.39 is 5.97 Å². The van der Waals surface area contributed by atoms with Crippen molar-refractivity contribution in [2.24, 2.45) is 5.92 Å². The zero-order valence-electron chi connectivity index (χ0n) is 11.3. The zero-order valence-corrected chi connectivity index (χ0v) is 11.3. The van der Waals surface area contributed by atoms with Gasteiger partial charge < -0.3 is 15.6 Å². The number of benzene rings is 1. The summed E-state index contributed by atoms with van der Waals surface area (Å²) in [5.41, 5.74) is 6.61. The number of carboxylic acid groups (broad SMARTS) is 1. The predicted octanol–water partition coefficient (Wildman–Crippen LogP) is 1.09. The molecule has 0 saturated carbocycles. The molecule has 3 N–H and O–H groups in total. The Morgan fingerprint density at radius 1 is 1.28 bits per heavy atom. The van der Waals surface area contributed by atoms with Gasteiger partial charge in [-0.2, -0.15) is 0 Å². The van der Waals surface area contributed by atoms with Crippen LogP contribution >= 0.6 is 0 Å². The number of carbonyl (C=O) groups is 1. The van der Waals surface area contributed by atoms with Crippen LogP contribution in [0.25, 0.3) is 0 Å². The summed E-state index contributed by atoms with van der Waals surface area (Å²) in [5, 5.41) is 10.3. The minimum absolute atomic E-state index is 0.122. The third-order valence-corrected chi connectivity index (χ3v) is 3.03. The molecule has 1 atom stereocenters. The summed E-state index contributed by atoms with van der Waals surface area (Å²) in [6.45, 7) is 4.41. The normalized spacial score (nSPS) is 12.7. The summed E-state index contributed by atoms with van der Waals surface area (Å²) in [7, 11) is 0. The largest absolute Gasteiger partial charge is 0.550 e. The number of quaternary nitrogens is 1. The van der Waals surface area contributed by atoms with Crippen molar-refractivity contribution in [1.82, 2.24) is 0 Å². The molecule has 0 bridgehead atoms. The maximum absolute atomic E-state index is 10.3. The van der Waals surface area contributed by atoms with Crippen LogP contribution in [-0.2, 0) is 11.2 Å². The van der Waals surface area contributed by atoms with Crippen molar-refractivity contribution in [3.8, 4) is 0 Å². The SMILES string of the molecule is CC(C)Cc1ccc([C@H]([NH3+])CCCC(=O)[O-])cc1. The molecule has 0 aliphatic rings. The van der Waals surface area contributed by atoms with Crippen LogP contribution in [0, 0.1) is 5.92 Å². The van der Waals surface area contributed by atoms with Crippen molar-refractivity contribution in [3.05, 3.63) is 35.4 Å². The number of aliphatic carboxylic acids is 1. The summed E-state index contributed by atoms with van der Waals surface area (Å²) in [5.74, 6) is -0.316. The smallest absolute Gasteiger partial charge is 0.110 e. The fourth-order valence-electron chi connectivity index (χ4n) is 2.06. The van der Waals surface area contributed by atoms with Crippen LogP contribution in [0.15, 0.2) is 24.3 Å². The Morgan fingerprint density at radius 3 is 2.39 bits per heavy atom. The van der Waals surface area contributed by atoms with Crippen molar-refractivity contribution in [2.75, 3.05) is 0 Å². The Labute approximate surface area is 109 Å². The van der Waals surface area contributed by atoms with Crippen LogP contribution in [-0.4, -0.2) is 5.97 Å². The molecule has 0 fully saturated rings. The molecule has 0 saturated heterocycles. The van der Waals surface area contributed by atoms with Gasteiger partial charge in [-0.05, 0) is 30.7 Å². The second kappa shape index (κ2) is 7.17. The molecule has 3 nitrogen and oxygen atoms in total. The van der Waals surface area contributed by atoms with E-state index in [4.69, 9.17) is 0 Å². The molecule has 3 heteroatoms. The van der Waals surface area contributed by atoms with E-state index in [9.17, 15) is 9.90 Å². The lowest BCUT2D eigenvalue weighted by molar-refractivity contribution is -0.428. The van der Waals surface area contributed by atoms with Crippen molar-refractivity contribution >= 4 is 5.97 Å². The molecule has 100 valence electrons. The van der Waals surface area contributed by atoms with Gasteiger partial charge >= 0.3 is 0 Å². The van der Waals surface area contributed by atoms with Gasteiger partial charge in [-0.3, -0.25) is 0 Å². The third-order valence-electron chi connectivity index (χ3n) is 3.03. The lowest BCUT2D eigenvalue weighted by Gasteiger charge is -2.11. The molecule has 0 amide bonds. The first-order valence-electron chi connectivity index (χ1n) is 6.60. The number of hydrogen-bond donors (Lipinski definition) is 1. The number of hydrogen-bond acceptors (Lipinski definition) is 2. The zero-order chi connectivity index (χ0) is 13.5. The molecule has 1 aromatic carbocycles. The average Bonchev–Trinajstić information content (AvgIpc) is 2.28. The molecule has 0 unspecified atom stereocenters. The molecule has 0 aromatic heterocycles. The van der Waals surface area contributed by atoms with Gasteiger partial charge in [-0.15, -0.1) is 0 Å². The van der Waals surface area contributed by atoms with E-state index in [-0.39, 0.29) is 12.5 Å². The fourth-order valence-corrected chi connectivity index (χ4v) is 2.06. The van der Waals surface area contributed by atoms with Crippen LogP contribution in [0.5, 0.6) is 0 Å². The molecule has 1 rings (SSSR count). The first kappa shape index (κ1) is 14.7. The average molecular weight is 249 g/mol. The molecule has 0 aliphatic carbocycles. The van der Waals surface area contributed by atoms with E-state index in [0.717, 1.165) is 12.8 Å². The van der Waals surface area contributed by atoms with E-state index in [2.05, 4.69) is 43.8 Å². The van der Waals surface area contributed by atoms with Crippen LogP contribution in [0.1, 0.15) is 50.3 Å². The summed E-state index contributed by atoms with van der Waals surface area (Å²) < 4.78 is 0. The summed E-state index contributed by atoms with van der Waals surface area (Å²) in [6.07, 6.45) is 2.63. The Bertz CT molecular complexity index is 371. The Morgan fingerprint density at radius 2 is 1.89 bits per heavy atom. The fraction of sp³-hybridized carbons (Fsp3) is 0.533. The van der Waals surface area contributed by atoms with Gasteiger partial charge in [0.25, 0.3) is 0 Å². The molecule has 0 spiro atoms. The van der Waals surface area contributed by atoms with Gasteiger partial charge in [0.1, 0.15) is 6.04 Å². The first-order chi connectivity index (χ1) is 8.49. The number of carbonyl (C=O) groups excluding carboxylic acids is 1. The van der Waals surface area contributed by atoms with Gasteiger partial charge in [-0.25, -0.2) is 0 Å². The molecule has 0 aliphatic heterocycles. The number of rotatable bonds is 7. The second-order valence-electron chi connectivity index (χ2n) is 5.30. The highest BCUT2D eigenvalue weighted by Crippen LogP contribution is 2.17. The molecule has 18 heavy (non-hydrogen) atoms. The van der Waals surface area contributed by atoms with Gasteiger partial charge in [0.05, 0.1) is 0 Å². The van der Waals surface area contributed by atoms with Crippen LogP contribution in [0.3, 0.4) is 0 Å². The molecule has 0 heterocycles. The quantitative estimate of drug-likeness (QED) is 0.786. The van der Waals surface area contributed by atoms with Crippen molar-refractivity contribution in [3.63, 3.8) is 0 Å². The highest BCUT2D eigenvalue weighted by molar-refractivity contribution is 5.64.